The SMILES string of the molecule is CC(C)CCOc1ccc(C(=O)C(C)C)cc1. The Labute approximate surface area is 104 Å². The van der Waals surface area contributed by atoms with Gasteiger partial charge in [-0.15, -0.1) is 0 Å². The van der Waals surface area contributed by atoms with E-state index in [-0.39, 0.29) is 11.7 Å². The molecule has 0 saturated carbocycles. The van der Waals surface area contributed by atoms with Gasteiger partial charge < -0.3 is 4.74 Å². The molecule has 0 amide bonds. The second-order valence-corrected chi connectivity index (χ2v) is 5.07. The van der Waals surface area contributed by atoms with Gasteiger partial charge in [-0.25, -0.2) is 0 Å². The van der Waals surface area contributed by atoms with E-state index in [2.05, 4.69) is 13.8 Å². The quantitative estimate of drug-likeness (QED) is 0.697. The Hall–Kier alpha value is -1.31. The highest BCUT2D eigenvalue weighted by atomic mass is 16.5. The number of hydrogen-bond donors (Lipinski definition) is 0. The molecule has 1 rings (SSSR count). The van der Waals surface area contributed by atoms with Crippen LogP contribution < -0.4 is 4.74 Å². The lowest BCUT2D eigenvalue weighted by Crippen LogP contribution is -2.07. The summed E-state index contributed by atoms with van der Waals surface area (Å²) >= 11 is 0. The lowest BCUT2D eigenvalue weighted by molar-refractivity contribution is 0.0939. The average Bonchev–Trinajstić information content (AvgIpc) is 2.28. The first-order valence-electron chi connectivity index (χ1n) is 6.27. The molecule has 0 unspecified atom stereocenters. The summed E-state index contributed by atoms with van der Waals surface area (Å²) in [5, 5.41) is 0. The largest absolute Gasteiger partial charge is 0.494 e. The van der Waals surface area contributed by atoms with Crippen LogP contribution in [0.3, 0.4) is 0 Å². The molecular weight excluding hydrogens is 212 g/mol. The van der Waals surface area contributed by atoms with Crippen molar-refractivity contribution in [3.63, 3.8) is 0 Å². The summed E-state index contributed by atoms with van der Waals surface area (Å²) in [6, 6.07) is 7.42. The summed E-state index contributed by atoms with van der Waals surface area (Å²) in [5.74, 6) is 1.71. The van der Waals surface area contributed by atoms with Crippen molar-refractivity contribution in [3.8, 4) is 5.75 Å². The number of ketones is 1. The van der Waals surface area contributed by atoms with Crippen LogP contribution in [-0.2, 0) is 0 Å². The van der Waals surface area contributed by atoms with Crippen LogP contribution in [0.5, 0.6) is 5.75 Å². The zero-order chi connectivity index (χ0) is 12.8. The Kier molecular flexibility index (Phi) is 5.20. The molecule has 0 heterocycles. The standard InChI is InChI=1S/C15H22O2/c1-11(2)9-10-17-14-7-5-13(6-8-14)15(16)12(3)4/h5-8,11-12H,9-10H2,1-4H3. The number of rotatable bonds is 6. The molecule has 0 aliphatic carbocycles. The van der Waals surface area contributed by atoms with Gasteiger partial charge in [-0.3, -0.25) is 4.79 Å². The highest BCUT2D eigenvalue weighted by molar-refractivity contribution is 5.97. The summed E-state index contributed by atoms with van der Waals surface area (Å²) in [4.78, 5) is 11.7. The van der Waals surface area contributed by atoms with Crippen LogP contribution in [0.2, 0.25) is 0 Å². The van der Waals surface area contributed by atoms with Gasteiger partial charge in [0.1, 0.15) is 5.75 Å². The van der Waals surface area contributed by atoms with E-state index in [4.69, 9.17) is 4.74 Å². The number of benzene rings is 1. The molecule has 0 atom stereocenters. The third-order valence-corrected chi connectivity index (χ3v) is 2.63. The predicted octanol–water partition coefficient (Wildman–Crippen LogP) is 3.95. The molecule has 0 radical (unpaired) electrons. The third-order valence-electron chi connectivity index (χ3n) is 2.63. The van der Waals surface area contributed by atoms with Crippen molar-refractivity contribution in [1.82, 2.24) is 0 Å². The van der Waals surface area contributed by atoms with Crippen molar-refractivity contribution in [3.05, 3.63) is 29.8 Å². The minimum atomic E-state index is 0.0442. The van der Waals surface area contributed by atoms with Crippen molar-refractivity contribution in [2.45, 2.75) is 34.1 Å². The number of carbonyl (C=O) groups is 1. The van der Waals surface area contributed by atoms with Crippen molar-refractivity contribution in [2.75, 3.05) is 6.61 Å². The molecule has 94 valence electrons. The van der Waals surface area contributed by atoms with E-state index in [9.17, 15) is 4.79 Å². The van der Waals surface area contributed by atoms with Gasteiger partial charge in [0.2, 0.25) is 0 Å². The van der Waals surface area contributed by atoms with E-state index < -0.39 is 0 Å². The van der Waals surface area contributed by atoms with E-state index in [1.807, 2.05) is 38.1 Å². The van der Waals surface area contributed by atoms with Crippen LogP contribution in [0.15, 0.2) is 24.3 Å². The van der Waals surface area contributed by atoms with Crippen LogP contribution in [0, 0.1) is 11.8 Å². The van der Waals surface area contributed by atoms with E-state index in [1.54, 1.807) is 0 Å². The van der Waals surface area contributed by atoms with Crippen LogP contribution in [0.4, 0.5) is 0 Å². The van der Waals surface area contributed by atoms with Crippen molar-refractivity contribution in [1.29, 1.82) is 0 Å². The normalized spacial score (nSPS) is 10.9. The minimum Gasteiger partial charge on any atom is -0.494 e. The van der Waals surface area contributed by atoms with Gasteiger partial charge in [0.05, 0.1) is 6.61 Å². The maximum atomic E-state index is 11.7. The van der Waals surface area contributed by atoms with Gasteiger partial charge in [0.25, 0.3) is 0 Å². The van der Waals surface area contributed by atoms with Gasteiger partial charge in [-0.05, 0) is 36.6 Å². The summed E-state index contributed by atoms with van der Waals surface area (Å²) in [5.41, 5.74) is 0.760. The van der Waals surface area contributed by atoms with Crippen molar-refractivity contribution >= 4 is 5.78 Å². The molecular formula is C15H22O2. The molecule has 0 aliphatic rings. The summed E-state index contributed by atoms with van der Waals surface area (Å²) in [6.07, 6.45) is 1.05. The lowest BCUT2D eigenvalue weighted by Gasteiger charge is -2.09. The minimum absolute atomic E-state index is 0.0442. The molecule has 0 aliphatic heterocycles. The summed E-state index contributed by atoms with van der Waals surface area (Å²) in [7, 11) is 0. The van der Waals surface area contributed by atoms with Gasteiger partial charge in [0, 0.05) is 11.5 Å². The zero-order valence-corrected chi connectivity index (χ0v) is 11.2. The molecule has 2 nitrogen and oxygen atoms in total. The smallest absolute Gasteiger partial charge is 0.165 e. The Bertz CT molecular complexity index is 350. The first-order chi connectivity index (χ1) is 8.00. The highest BCUT2D eigenvalue weighted by Gasteiger charge is 2.09. The fourth-order valence-corrected chi connectivity index (χ4v) is 1.46. The fraction of sp³-hybridized carbons (Fsp3) is 0.533. The topological polar surface area (TPSA) is 26.3 Å². The molecule has 17 heavy (non-hydrogen) atoms. The van der Waals surface area contributed by atoms with E-state index in [0.29, 0.717) is 5.92 Å². The van der Waals surface area contributed by atoms with Gasteiger partial charge in [-0.2, -0.15) is 0 Å². The van der Waals surface area contributed by atoms with Gasteiger partial charge >= 0.3 is 0 Å². The predicted molar refractivity (Wildman–Crippen MR) is 70.6 cm³/mol. The zero-order valence-electron chi connectivity index (χ0n) is 11.2. The maximum absolute atomic E-state index is 11.7. The van der Waals surface area contributed by atoms with E-state index in [1.165, 1.54) is 0 Å². The fourth-order valence-electron chi connectivity index (χ4n) is 1.46. The van der Waals surface area contributed by atoms with Crippen LogP contribution >= 0.6 is 0 Å². The third kappa shape index (κ3) is 4.59. The molecule has 0 fully saturated rings. The first kappa shape index (κ1) is 13.8. The van der Waals surface area contributed by atoms with Gasteiger partial charge in [-0.1, -0.05) is 27.7 Å². The summed E-state index contributed by atoms with van der Waals surface area (Å²) < 4.78 is 5.60. The molecule has 0 saturated heterocycles. The van der Waals surface area contributed by atoms with E-state index in [0.717, 1.165) is 24.3 Å². The highest BCUT2D eigenvalue weighted by Crippen LogP contribution is 2.15. The Morgan fingerprint density at radius 1 is 1.12 bits per heavy atom. The molecule has 1 aromatic carbocycles. The maximum Gasteiger partial charge on any atom is 0.165 e. The van der Waals surface area contributed by atoms with Crippen molar-refractivity contribution < 1.29 is 9.53 Å². The monoisotopic (exact) mass is 234 g/mol. The molecule has 0 aromatic heterocycles. The second kappa shape index (κ2) is 6.43. The van der Waals surface area contributed by atoms with Crippen LogP contribution in [0.25, 0.3) is 0 Å². The van der Waals surface area contributed by atoms with Gasteiger partial charge in [0.15, 0.2) is 5.78 Å². The van der Waals surface area contributed by atoms with Crippen LogP contribution in [0.1, 0.15) is 44.5 Å². The first-order valence-corrected chi connectivity index (χ1v) is 6.27. The Morgan fingerprint density at radius 2 is 1.71 bits per heavy atom. The second-order valence-electron chi connectivity index (χ2n) is 5.07. The number of carbonyl (C=O) groups excluding carboxylic acids is 1. The molecule has 1 aromatic rings. The molecule has 0 spiro atoms. The number of ether oxygens (including phenoxy) is 1. The number of Topliss-reactive ketones (excluding diaryl/α,β-unsaturated/α-hetero) is 1. The molecule has 0 bridgehead atoms. The number of hydrogen-bond acceptors (Lipinski definition) is 2. The lowest BCUT2D eigenvalue weighted by atomic mass is 10.0. The van der Waals surface area contributed by atoms with Crippen LogP contribution in [-0.4, -0.2) is 12.4 Å². The summed E-state index contributed by atoms with van der Waals surface area (Å²) in [6.45, 7) is 8.90. The van der Waals surface area contributed by atoms with Crippen molar-refractivity contribution in [2.24, 2.45) is 11.8 Å². The molecule has 2 heteroatoms. The Morgan fingerprint density at radius 3 is 2.18 bits per heavy atom. The molecule has 0 N–H and O–H groups in total. The van der Waals surface area contributed by atoms with E-state index >= 15 is 0 Å². The Balaban J connectivity index is 2.53. The average molecular weight is 234 g/mol.